The van der Waals surface area contributed by atoms with Gasteiger partial charge in [0.2, 0.25) is 0 Å². The molecule has 0 spiro atoms. The number of esters is 1. The summed E-state index contributed by atoms with van der Waals surface area (Å²) < 4.78 is 4.96. The van der Waals surface area contributed by atoms with Crippen molar-refractivity contribution in [1.82, 2.24) is 0 Å². The van der Waals surface area contributed by atoms with Crippen molar-refractivity contribution < 1.29 is 14.6 Å². The molecule has 1 unspecified atom stereocenters. The Morgan fingerprint density at radius 1 is 1.41 bits per heavy atom. The molecule has 4 nitrogen and oxygen atoms in total. The molecular formula is C13H19NO3. The number of rotatable bonds is 6. The van der Waals surface area contributed by atoms with Gasteiger partial charge in [0.25, 0.3) is 0 Å². The molecule has 0 amide bonds. The maximum atomic E-state index is 11.5. The Bertz CT molecular complexity index is 340. The lowest BCUT2D eigenvalue weighted by molar-refractivity contribution is -0.148. The van der Waals surface area contributed by atoms with Gasteiger partial charge in [-0.15, -0.1) is 0 Å². The number of aliphatic hydroxyl groups is 1. The third-order valence-corrected chi connectivity index (χ3v) is 2.50. The van der Waals surface area contributed by atoms with Gasteiger partial charge in [-0.25, -0.2) is 0 Å². The van der Waals surface area contributed by atoms with Gasteiger partial charge in [-0.1, -0.05) is 43.7 Å². The number of ether oxygens (including phenoxy) is 1. The van der Waals surface area contributed by atoms with Gasteiger partial charge >= 0.3 is 5.97 Å². The van der Waals surface area contributed by atoms with Crippen LogP contribution < -0.4 is 5.73 Å². The summed E-state index contributed by atoms with van der Waals surface area (Å²) in [6.45, 7) is 2.36. The van der Waals surface area contributed by atoms with Crippen LogP contribution in [0.3, 0.4) is 0 Å². The summed E-state index contributed by atoms with van der Waals surface area (Å²) in [5.41, 5.74) is 6.27. The average Bonchev–Trinajstić information content (AvgIpc) is 2.38. The predicted octanol–water partition coefficient (Wildman–Crippen LogP) is 1.39. The minimum atomic E-state index is -1.03. The molecule has 1 aromatic rings. The van der Waals surface area contributed by atoms with Gasteiger partial charge in [0.05, 0.1) is 6.61 Å². The van der Waals surface area contributed by atoms with Crippen LogP contribution in [-0.4, -0.2) is 23.7 Å². The van der Waals surface area contributed by atoms with E-state index in [2.05, 4.69) is 0 Å². The minimum Gasteiger partial charge on any atom is -0.464 e. The van der Waals surface area contributed by atoms with Gasteiger partial charge in [0.15, 0.2) is 0 Å². The molecule has 0 heterocycles. The molecule has 3 N–H and O–H groups in total. The maximum absolute atomic E-state index is 11.5. The Balaban J connectivity index is 2.51. The lowest BCUT2D eigenvalue weighted by atomic mass is 10.0. The molecular weight excluding hydrogens is 218 g/mol. The SMILES string of the molecule is CCCCOC(=O)[C@@H](N)C(O)c1ccccc1. The van der Waals surface area contributed by atoms with Crippen LogP contribution in [0.15, 0.2) is 30.3 Å². The first-order chi connectivity index (χ1) is 8.16. The average molecular weight is 237 g/mol. The van der Waals surface area contributed by atoms with Crippen LogP contribution in [0, 0.1) is 0 Å². The molecule has 0 radical (unpaired) electrons. The number of carbonyl (C=O) groups excluding carboxylic acids is 1. The first-order valence-corrected chi connectivity index (χ1v) is 5.82. The lowest BCUT2D eigenvalue weighted by Crippen LogP contribution is -2.38. The summed E-state index contributed by atoms with van der Waals surface area (Å²) in [5.74, 6) is -0.560. The topological polar surface area (TPSA) is 72.5 Å². The van der Waals surface area contributed by atoms with Crippen molar-refractivity contribution in [1.29, 1.82) is 0 Å². The van der Waals surface area contributed by atoms with Gasteiger partial charge in [0.1, 0.15) is 12.1 Å². The number of hydrogen-bond donors (Lipinski definition) is 2. The quantitative estimate of drug-likeness (QED) is 0.579. The van der Waals surface area contributed by atoms with E-state index in [9.17, 15) is 9.90 Å². The van der Waals surface area contributed by atoms with E-state index >= 15 is 0 Å². The zero-order valence-electron chi connectivity index (χ0n) is 10.0. The number of hydrogen-bond acceptors (Lipinski definition) is 4. The van der Waals surface area contributed by atoms with E-state index in [0.717, 1.165) is 12.8 Å². The second kappa shape index (κ2) is 7.04. The maximum Gasteiger partial charge on any atom is 0.325 e. The first kappa shape index (κ1) is 13.7. The van der Waals surface area contributed by atoms with Gasteiger partial charge in [-0.3, -0.25) is 4.79 Å². The summed E-state index contributed by atoms with van der Waals surface area (Å²) >= 11 is 0. The van der Waals surface area contributed by atoms with E-state index in [0.29, 0.717) is 12.2 Å². The zero-order valence-corrected chi connectivity index (χ0v) is 10.0. The van der Waals surface area contributed by atoms with E-state index in [1.54, 1.807) is 24.3 Å². The Labute approximate surface area is 101 Å². The second-order valence-electron chi connectivity index (χ2n) is 3.90. The molecule has 0 bridgehead atoms. The number of benzene rings is 1. The lowest BCUT2D eigenvalue weighted by Gasteiger charge is -2.17. The van der Waals surface area contributed by atoms with Crippen molar-refractivity contribution in [2.45, 2.75) is 31.9 Å². The molecule has 0 saturated heterocycles. The van der Waals surface area contributed by atoms with E-state index in [1.807, 2.05) is 13.0 Å². The Morgan fingerprint density at radius 2 is 2.06 bits per heavy atom. The highest BCUT2D eigenvalue weighted by molar-refractivity contribution is 5.76. The molecule has 1 rings (SSSR count). The Hall–Kier alpha value is -1.39. The molecule has 4 heteroatoms. The standard InChI is InChI=1S/C13H19NO3/c1-2-3-9-17-13(16)11(14)12(15)10-7-5-4-6-8-10/h4-8,11-12,15H,2-3,9,14H2,1H3/t11-,12?/m0/s1. The highest BCUT2D eigenvalue weighted by Crippen LogP contribution is 2.15. The van der Waals surface area contributed by atoms with Gasteiger partial charge < -0.3 is 15.6 Å². The molecule has 0 aromatic heterocycles. The summed E-state index contributed by atoms with van der Waals surface area (Å²) in [5, 5.41) is 9.89. The van der Waals surface area contributed by atoms with Crippen molar-refractivity contribution >= 4 is 5.97 Å². The summed E-state index contributed by atoms with van der Waals surface area (Å²) in [7, 11) is 0. The van der Waals surface area contributed by atoms with Crippen LogP contribution >= 0.6 is 0 Å². The fourth-order valence-corrected chi connectivity index (χ4v) is 1.40. The smallest absolute Gasteiger partial charge is 0.325 e. The number of aliphatic hydroxyl groups excluding tert-OH is 1. The summed E-state index contributed by atoms with van der Waals surface area (Å²) in [4.78, 5) is 11.5. The fourth-order valence-electron chi connectivity index (χ4n) is 1.40. The van der Waals surface area contributed by atoms with Gasteiger partial charge in [-0.05, 0) is 12.0 Å². The molecule has 1 aromatic carbocycles. The molecule has 94 valence electrons. The molecule has 0 fully saturated rings. The molecule has 0 saturated carbocycles. The van der Waals surface area contributed by atoms with Crippen LogP contribution in [0.5, 0.6) is 0 Å². The van der Waals surface area contributed by atoms with E-state index < -0.39 is 18.1 Å². The largest absolute Gasteiger partial charge is 0.464 e. The fraction of sp³-hybridized carbons (Fsp3) is 0.462. The second-order valence-corrected chi connectivity index (χ2v) is 3.90. The van der Waals surface area contributed by atoms with Crippen molar-refractivity contribution in [3.63, 3.8) is 0 Å². The molecule has 0 aliphatic heterocycles. The van der Waals surface area contributed by atoms with Crippen LogP contribution in [0.4, 0.5) is 0 Å². The molecule has 0 aliphatic carbocycles. The van der Waals surface area contributed by atoms with Crippen LogP contribution in [0.25, 0.3) is 0 Å². The Kier molecular flexibility index (Phi) is 5.66. The van der Waals surface area contributed by atoms with Crippen LogP contribution in [0.2, 0.25) is 0 Å². The van der Waals surface area contributed by atoms with Crippen molar-refractivity contribution in [2.75, 3.05) is 6.61 Å². The molecule has 0 aliphatic rings. The van der Waals surface area contributed by atoms with Crippen molar-refractivity contribution in [3.05, 3.63) is 35.9 Å². The van der Waals surface area contributed by atoms with E-state index in [1.165, 1.54) is 0 Å². The zero-order chi connectivity index (χ0) is 12.7. The third kappa shape index (κ3) is 4.17. The third-order valence-electron chi connectivity index (χ3n) is 2.50. The molecule has 2 atom stereocenters. The highest BCUT2D eigenvalue weighted by atomic mass is 16.5. The monoisotopic (exact) mass is 237 g/mol. The van der Waals surface area contributed by atoms with Gasteiger partial charge in [0, 0.05) is 0 Å². The van der Waals surface area contributed by atoms with Crippen molar-refractivity contribution in [3.8, 4) is 0 Å². The van der Waals surface area contributed by atoms with Crippen molar-refractivity contribution in [2.24, 2.45) is 5.73 Å². The van der Waals surface area contributed by atoms with Crippen LogP contribution in [-0.2, 0) is 9.53 Å². The van der Waals surface area contributed by atoms with Crippen LogP contribution in [0.1, 0.15) is 31.4 Å². The summed E-state index contributed by atoms with van der Waals surface area (Å²) in [6, 6.07) is 7.82. The van der Waals surface area contributed by atoms with Gasteiger partial charge in [-0.2, -0.15) is 0 Å². The number of unbranched alkanes of at least 4 members (excludes halogenated alkanes) is 1. The number of nitrogens with two attached hydrogens (primary N) is 1. The Morgan fingerprint density at radius 3 is 2.65 bits per heavy atom. The summed E-state index contributed by atoms with van der Waals surface area (Å²) in [6.07, 6.45) is 0.731. The van der Waals surface area contributed by atoms with E-state index in [-0.39, 0.29) is 0 Å². The normalized spacial score (nSPS) is 14.1. The minimum absolute atomic E-state index is 0.352. The predicted molar refractivity (Wildman–Crippen MR) is 65.2 cm³/mol. The van der Waals surface area contributed by atoms with E-state index in [4.69, 9.17) is 10.5 Å². The highest BCUT2D eigenvalue weighted by Gasteiger charge is 2.25. The number of carbonyl (C=O) groups is 1. The molecule has 17 heavy (non-hydrogen) atoms. The first-order valence-electron chi connectivity index (χ1n) is 5.82.